The molecule has 1 amide bonds. The van der Waals surface area contributed by atoms with Crippen LogP contribution in [-0.4, -0.2) is 62.4 Å². The van der Waals surface area contributed by atoms with E-state index in [1.807, 2.05) is 4.90 Å². The fraction of sp³-hybridized carbons (Fsp3) is 0.571. The van der Waals surface area contributed by atoms with E-state index in [9.17, 15) is 4.79 Å². The second-order valence-corrected chi connectivity index (χ2v) is 8.59. The number of amides is 1. The molecule has 150 valence electrons. The fourth-order valence-electron chi connectivity index (χ4n) is 3.87. The summed E-state index contributed by atoms with van der Waals surface area (Å²) in [6.45, 7) is 8.67. The molecule has 1 aromatic heterocycles. The Bertz CT molecular complexity index is 796. The summed E-state index contributed by atoms with van der Waals surface area (Å²) in [4.78, 5) is 17.2. The van der Waals surface area contributed by atoms with E-state index in [0.717, 1.165) is 43.7 Å². The third-order valence-corrected chi connectivity index (χ3v) is 6.78. The number of thioether (sulfide) groups is 1. The van der Waals surface area contributed by atoms with Crippen molar-refractivity contribution in [1.82, 2.24) is 24.6 Å². The Balaban J connectivity index is 1.28. The Labute approximate surface area is 171 Å². The molecule has 2 fully saturated rings. The van der Waals surface area contributed by atoms with Crippen molar-refractivity contribution in [3.8, 4) is 0 Å². The quantitative estimate of drug-likeness (QED) is 0.670. The van der Waals surface area contributed by atoms with Crippen LogP contribution in [0, 0.1) is 0 Å². The molecule has 1 aromatic carbocycles. The Morgan fingerprint density at radius 3 is 2.50 bits per heavy atom. The van der Waals surface area contributed by atoms with Gasteiger partial charge in [0, 0.05) is 44.7 Å². The van der Waals surface area contributed by atoms with Gasteiger partial charge in [-0.15, -0.1) is 10.2 Å². The lowest BCUT2D eigenvalue weighted by Gasteiger charge is -2.38. The maximum absolute atomic E-state index is 12.7. The van der Waals surface area contributed by atoms with Gasteiger partial charge in [0.2, 0.25) is 5.91 Å². The molecule has 1 aliphatic heterocycles. The summed E-state index contributed by atoms with van der Waals surface area (Å²) >= 11 is 1.53. The van der Waals surface area contributed by atoms with Crippen molar-refractivity contribution in [3.63, 3.8) is 0 Å². The highest BCUT2D eigenvalue weighted by atomic mass is 32.2. The summed E-state index contributed by atoms with van der Waals surface area (Å²) in [7, 11) is 0. The van der Waals surface area contributed by atoms with E-state index in [-0.39, 0.29) is 5.91 Å². The first-order chi connectivity index (χ1) is 13.7. The van der Waals surface area contributed by atoms with Crippen LogP contribution in [0.25, 0.3) is 0 Å². The zero-order valence-corrected chi connectivity index (χ0v) is 17.6. The van der Waals surface area contributed by atoms with Gasteiger partial charge in [0.15, 0.2) is 5.16 Å². The summed E-state index contributed by atoms with van der Waals surface area (Å²) in [5, 5.41) is 9.57. The highest BCUT2D eigenvalue weighted by Crippen LogP contribution is 2.40. The lowest BCUT2D eigenvalue weighted by Crippen LogP contribution is -2.49. The molecule has 6 nitrogen and oxygen atoms in total. The average molecular weight is 400 g/mol. The standard InChI is InChI=1S/C21H29N5OS/c1-3-26-20(18-9-10-18)22-23-21(26)28-15-19(27)25-13-11-24(12-14-25)16(2)17-7-5-4-6-8-17/h4-8,16,18H,3,9-15H2,1-2H3/t16-/m0/s1. The molecule has 0 unspecified atom stereocenters. The summed E-state index contributed by atoms with van der Waals surface area (Å²) < 4.78 is 2.18. The number of benzene rings is 1. The topological polar surface area (TPSA) is 54.3 Å². The van der Waals surface area contributed by atoms with Gasteiger partial charge in [0.1, 0.15) is 5.82 Å². The highest BCUT2D eigenvalue weighted by Gasteiger charge is 2.30. The van der Waals surface area contributed by atoms with E-state index in [2.05, 4.69) is 63.8 Å². The van der Waals surface area contributed by atoms with Gasteiger partial charge in [0.25, 0.3) is 0 Å². The lowest BCUT2D eigenvalue weighted by atomic mass is 10.1. The van der Waals surface area contributed by atoms with Gasteiger partial charge in [-0.3, -0.25) is 9.69 Å². The number of aromatic nitrogens is 3. The van der Waals surface area contributed by atoms with E-state index >= 15 is 0 Å². The van der Waals surface area contributed by atoms with Crippen molar-refractivity contribution in [3.05, 3.63) is 41.7 Å². The van der Waals surface area contributed by atoms with Gasteiger partial charge in [0.05, 0.1) is 5.75 Å². The molecule has 1 atom stereocenters. The van der Waals surface area contributed by atoms with E-state index in [0.29, 0.717) is 17.7 Å². The van der Waals surface area contributed by atoms with Gasteiger partial charge in [-0.05, 0) is 32.3 Å². The molecule has 0 radical (unpaired) electrons. The number of hydrogen-bond acceptors (Lipinski definition) is 5. The van der Waals surface area contributed by atoms with Crippen molar-refractivity contribution in [2.75, 3.05) is 31.9 Å². The molecule has 1 saturated carbocycles. The van der Waals surface area contributed by atoms with Gasteiger partial charge in [-0.1, -0.05) is 42.1 Å². The number of rotatable bonds is 7. The van der Waals surface area contributed by atoms with Crippen LogP contribution < -0.4 is 0 Å². The van der Waals surface area contributed by atoms with E-state index in [1.54, 1.807) is 0 Å². The summed E-state index contributed by atoms with van der Waals surface area (Å²) in [5.41, 5.74) is 1.34. The molecule has 1 aliphatic carbocycles. The molecule has 2 heterocycles. The molecular weight excluding hydrogens is 370 g/mol. The second kappa shape index (κ2) is 8.66. The molecular formula is C21H29N5OS. The third kappa shape index (κ3) is 4.25. The summed E-state index contributed by atoms with van der Waals surface area (Å²) in [6, 6.07) is 11.0. The molecule has 7 heteroatoms. The number of hydrogen-bond donors (Lipinski definition) is 0. The first-order valence-corrected chi connectivity index (χ1v) is 11.3. The van der Waals surface area contributed by atoms with Crippen LogP contribution in [0.2, 0.25) is 0 Å². The van der Waals surface area contributed by atoms with Gasteiger partial charge in [-0.25, -0.2) is 0 Å². The Kier molecular flexibility index (Phi) is 6.01. The molecule has 4 rings (SSSR count). The number of carbonyl (C=O) groups is 1. The minimum absolute atomic E-state index is 0.204. The van der Waals surface area contributed by atoms with Crippen molar-refractivity contribution in [1.29, 1.82) is 0 Å². The molecule has 2 aliphatic rings. The van der Waals surface area contributed by atoms with Gasteiger partial charge >= 0.3 is 0 Å². The van der Waals surface area contributed by atoms with E-state index in [4.69, 9.17) is 0 Å². The Morgan fingerprint density at radius 1 is 1.14 bits per heavy atom. The van der Waals surface area contributed by atoms with Crippen LogP contribution in [0.5, 0.6) is 0 Å². The Hall–Kier alpha value is -1.86. The normalized spacial score (nSPS) is 19.0. The maximum atomic E-state index is 12.7. The maximum Gasteiger partial charge on any atom is 0.233 e. The van der Waals surface area contributed by atoms with Crippen LogP contribution >= 0.6 is 11.8 Å². The number of nitrogens with zero attached hydrogens (tertiary/aromatic N) is 5. The zero-order valence-electron chi connectivity index (χ0n) is 16.8. The summed E-state index contributed by atoms with van der Waals surface area (Å²) in [6.07, 6.45) is 2.43. The van der Waals surface area contributed by atoms with Crippen LogP contribution in [0.3, 0.4) is 0 Å². The van der Waals surface area contributed by atoms with Crippen LogP contribution in [0.1, 0.15) is 50.0 Å². The third-order valence-electron chi connectivity index (χ3n) is 5.83. The number of piperazine rings is 1. The average Bonchev–Trinajstić information content (AvgIpc) is 3.51. The van der Waals surface area contributed by atoms with Crippen molar-refractivity contribution in [2.24, 2.45) is 0 Å². The molecule has 0 N–H and O–H groups in total. The predicted molar refractivity (Wildman–Crippen MR) is 111 cm³/mol. The zero-order chi connectivity index (χ0) is 19.5. The van der Waals surface area contributed by atoms with Crippen molar-refractivity contribution in [2.45, 2.75) is 50.4 Å². The van der Waals surface area contributed by atoms with E-state index in [1.165, 1.54) is 30.2 Å². The summed E-state index contributed by atoms with van der Waals surface area (Å²) in [5.74, 6) is 2.32. The minimum atomic E-state index is 0.204. The van der Waals surface area contributed by atoms with Crippen LogP contribution in [-0.2, 0) is 11.3 Å². The van der Waals surface area contributed by atoms with E-state index < -0.39 is 0 Å². The molecule has 0 spiro atoms. The largest absolute Gasteiger partial charge is 0.339 e. The molecule has 28 heavy (non-hydrogen) atoms. The first kappa shape index (κ1) is 19.5. The second-order valence-electron chi connectivity index (χ2n) is 7.65. The monoisotopic (exact) mass is 399 g/mol. The first-order valence-electron chi connectivity index (χ1n) is 10.3. The fourth-order valence-corrected chi connectivity index (χ4v) is 4.78. The molecule has 0 bridgehead atoms. The smallest absolute Gasteiger partial charge is 0.233 e. The van der Waals surface area contributed by atoms with Crippen molar-refractivity contribution < 1.29 is 4.79 Å². The van der Waals surface area contributed by atoms with Crippen molar-refractivity contribution >= 4 is 17.7 Å². The number of carbonyl (C=O) groups excluding carboxylic acids is 1. The Morgan fingerprint density at radius 2 is 1.86 bits per heavy atom. The minimum Gasteiger partial charge on any atom is -0.339 e. The molecule has 1 saturated heterocycles. The highest BCUT2D eigenvalue weighted by molar-refractivity contribution is 7.99. The predicted octanol–water partition coefficient (Wildman–Crippen LogP) is 3.17. The lowest BCUT2D eigenvalue weighted by molar-refractivity contribution is -0.130. The molecule has 2 aromatic rings. The van der Waals surface area contributed by atoms with Gasteiger partial charge < -0.3 is 9.47 Å². The van der Waals surface area contributed by atoms with Gasteiger partial charge in [-0.2, -0.15) is 0 Å². The van der Waals surface area contributed by atoms with Crippen LogP contribution in [0.4, 0.5) is 0 Å². The van der Waals surface area contributed by atoms with Crippen LogP contribution in [0.15, 0.2) is 35.5 Å². The SMILES string of the molecule is CCn1c(SCC(=O)N2CCN([C@@H](C)c3ccccc3)CC2)nnc1C1CC1.